The maximum atomic E-state index is 13.6. The van der Waals surface area contributed by atoms with Crippen LogP contribution in [0.1, 0.15) is 48.9 Å². The van der Waals surface area contributed by atoms with Crippen molar-refractivity contribution < 1.29 is 4.79 Å². The number of carbonyl (C=O) groups is 1. The van der Waals surface area contributed by atoms with Crippen LogP contribution in [-0.2, 0) is 7.05 Å². The lowest BCUT2D eigenvalue weighted by Crippen LogP contribution is -2.59. The number of nitrogens with zero attached hydrogens (tertiary/aromatic N) is 3. The van der Waals surface area contributed by atoms with E-state index in [-0.39, 0.29) is 11.4 Å². The Morgan fingerprint density at radius 3 is 2.45 bits per heavy atom. The standard InChI is InChI=1S/C24H26N4O/c1-28-14-18(13-25-28)22-9-20(19-4-2-3-5-21(19)26-22)23(29)27-24-10-15-6-16(11-24)8-17(7-15)12-24/h2-5,9,13-17H,6-8,10-12H2,1H3,(H,27,29). The highest BCUT2D eigenvalue weighted by Gasteiger charge is 2.51. The topological polar surface area (TPSA) is 59.8 Å². The molecule has 0 unspecified atom stereocenters. The molecule has 4 aliphatic carbocycles. The second kappa shape index (κ2) is 6.15. The summed E-state index contributed by atoms with van der Waals surface area (Å²) in [4.78, 5) is 18.4. The number of fused-ring (bicyclic) bond motifs is 1. The van der Waals surface area contributed by atoms with Crippen molar-refractivity contribution in [1.29, 1.82) is 0 Å². The number of aromatic nitrogens is 3. The van der Waals surface area contributed by atoms with Crippen molar-refractivity contribution in [2.45, 2.75) is 44.1 Å². The van der Waals surface area contributed by atoms with Crippen LogP contribution >= 0.6 is 0 Å². The highest BCUT2D eigenvalue weighted by molar-refractivity contribution is 6.07. The Morgan fingerprint density at radius 1 is 1.10 bits per heavy atom. The lowest BCUT2D eigenvalue weighted by molar-refractivity contribution is -0.0166. The first-order chi connectivity index (χ1) is 14.1. The molecule has 1 amide bonds. The molecular formula is C24H26N4O. The molecule has 7 rings (SSSR count). The Kier molecular flexibility index (Phi) is 3.65. The van der Waals surface area contributed by atoms with E-state index in [9.17, 15) is 4.79 Å². The van der Waals surface area contributed by atoms with E-state index in [0.717, 1.165) is 64.7 Å². The minimum Gasteiger partial charge on any atom is -0.347 e. The molecule has 0 atom stereocenters. The quantitative estimate of drug-likeness (QED) is 0.729. The number of carbonyl (C=O) groups excluding carboxylic acids is 1. The molecule has 4 saturated carbocycles. The second-order valence-corrected chi connectivity index (χ2v) is 9.63. The van der Waals surface area contributed by atoms with Gasteiger partial charge in [0.1, 0.15) is 0 Å². The molecule has 0 aliphatic heterocycles. The zero-order valence-corrected chi connectivity index (χ0v) is 16.8. The Balaban J connectivity index is 1.39. The Hall–Kier alpha value is -2.69. The van der Waals surface area contributed by atoms with Gasteiger partial charge in [0.15, 0.2) is 0 Å². The lowest BCUT2D eigenvalue weighted by atomic mass is 9.53. The van der Waals surface area contributed by atoms with E-state index in [0.29, 0.717) is 0 Å². The molecule has 148 valence electrons. The van der Waals surface area contributed by atoms with Gasteiger partial charge in [-0.1, -0.05) is 18.2 Å². The van der Waals surface area contributed by atoms with Crippen LogP contribution in [0.5, 0.6) is 0 Å². The molecule has 0 radical (unpaired) electrons. The van der Waals surface area contributed by atoms with Gasteiger partial charge >= 0.3 is 0 Å². The third-order valence-corrected chi connectivity index (χ3v) is 7.38. The van der Waals surface area contributed by atoms with Crippen molar-refractivity contribution in [3.8, 4) is 11.3 Å². The van der Waals surface area contributed by atoms with E-state index in [4.69, 9.17) is 4.98 Å². The average molecular weight is 386 g/mol. The Bertz CT molecular complexity index is 1080. The van der Waals surface area contributed by atoms with Gasteiger partial charge in [-0.2, -0.15) is 5.10 Å². The highest BCUT2D eigenvalue weighted by atomic mass is 16.1. The van der Waals surface area contributed by atoms with Gasteiger partial charge in [0, 0.05) is 29.7 Å². The molecule has 5 nitrogen and oxygen atoms in total. The van der Waals surface area contributed by atoms with Crippen molar-refractivity contribution in [3.05, 3.63) is 48.3 Å². The number of pyridine rings is 1. The van der Waals surface area contributed by atoms with Crippen LogP contribution in [0.3, 0.4) is 0 Å². The van der Waals surface area contributed by atoms with E-state index in [1.165, 1.54) is 19.3 Å². The zero-order chi connectivity index (χ0) is 19.6. The fraction of sp³-hybridized carbons (Fsp3) is 0.458. The first-order valence-electron chi connectivity index (χ1n) is 10.8. The number of aryl methyl sites for hydroxylation is 1. The number of rotatable bonds is 3. The van der Waals surface area contributed by atoms with Crippen LogP contribution < -0.4 is 5.32 Å². The van der Waals surface area contributed by atoms with E-state index < -0.39 is 0 Å². The smallest absolute Gasteiger partial charge is 0.252 e. The molecule has 3 aromatic rings. The number of hydrogen-bond acceptors (Lipinski definition) is 3. The van der Waals surface area contributed by atoms with Crippen LogP contribution in [0.4, 0.5) is 0 Å². The summed E-state index contributed by atoms with van der Waals surface area (Å²) in [5.74, 6) is 2.47. The van der Waals surface area contributed by atoms with E-state index in [2.05, 4.69) is 10.4 Å². The van der Waals surface area contributed by atoms with Crippen molar-refractivity contribution in [3.63, 3.8) is 0 Å². The molecule has 1 aromatic carbocycles. The largest absolute Gasteiger partial charge is 0.347 e. The summed E-state index contributed by atoms with van der Waals surface area (Å²) in [5.41, 5.74) is 3.31. The van der Waals surface area contributed by atoms with Crippen molar-refractivity contribution in [2.24, 2.45) is 24.8 Å². The second-order valence-electron chi connectivity index (χ2n) is 9.63. The number of benzene rings is 1. The minimum absolute atomic E-state index is 0.00464. The van der Waals surface area contributed by atoms with Gasteiger partial charge in [-0.05, 0) is 68.4 Å². The molecular weight excluding hydrogens is 360 g/mol. The first kappa shape index (κ1) is 17.2. The summed E-state index contributed by atoms with van der Waals surface area (Å²) in [6.07, 6.45) is 11.3. The van der Waals surface area contributed by atoms with Crippen molar-refractivity contribution in [1.82, 2.24) is 20.1 Å². The van der Waals surface area contributed by atoms with Crippen LogP contribution in [-0.4, -0.2) is 26.2 Å². The van der Waals surface area contributed by atoms with Crippen molar-refractivity contribution >= 4 is 16.8 Å². The summed E-state index contributed by atoms with van der Waals surface area (Å²) in [7, 11) is 1.89. The number of hydrogen-bond donors (Lipinski definition) is 1. The minimum atomic E-state index is 0.00464. The Labute approximate surface area is 170 Å². The third-order valence-electron chi connectivity index (χ3n) is 7.38. The van der Waals surface area contributed by atoms with Crippen LogP contribution in [0, 0.1) is 17.8 Å². The molecule has 29 heavy (non-hydrogen) atoms. The molecule has 1 N–H and O–H groups in total. The van der Waals surface area contributed by atoms with Crippen LogP contribution in [0.25, 0.3) is 22.2 Å². The van der Waals surface area contributed by atoms with E-state index >= 15 is 0 Å². The number of para-hydroxylation sites is 1. The Morgan fingerprint density at radius 2 is 1.79 bits per heavy atom. The summed E-state index contributed by atoms with van der Waals surface area (Å²) in [6.45, 7) is 0. The van der Waals surface area contributed by atoms with Crippen molar-refractivity contribution in [2.75, 3.05) is 0 Å². The van der Waals surface area contributed by atoms with Gasteiger partial charge in [-0.25, -0.2) is 4.98 Å². The van der Waals surface area contributed by atoms with Crippen LogP contribution in [0.15, 0.2) is 42.7 Å². The normalized spacial score (nSPS) is 30.0. The summed E-state index contributed by atoms with van der Waals surface area (Å²) in [5, 5.41) is 8.72. The molecule has 0 spiro atoms. The molecule has 2 heterocycles. The molecule has 0 saturated heterocycles. The van der Waals surface area contributed by atoms with E-state index in [1.54, 1.807) is 10.9 Å². The van der Waals surface area contributed by atoms with Crippen LogP contribution in [0.2, 0.25) is 0 Å². The SMILES string of the molecule is Cn1cc(-c2cc(C(=O)NC34CC5CC(CC(C5)C3)C4)c3ccccc3n2)cn1. The van der Waals surface area contributed by atoms with E-state index in [1.807, 2.05) is 43.6 Å². The molecule has 2 aromatic heterocycles. The van der Waals surface area contributed by atoms with Gasteiger partial charge in [-0.15, -0.1) is 0 Å². The summed E-state index contributed by atoms with van der Waals surface area (Å²) in [6, 6.07) is 9.88. The molecule has 4 bridgehead atoms. The molecule has 4 fully saturated rings. The predicted molar refractivity (Wildman–Crippen MR) is 112 cm³/mol. The number of amides is 1. The van der Waals surface area contributed by atoms with Gasteiger partial charge in [0.05, 0.1) is 23.0 Å². The summed E-state index contributed by atoms with van der Waals surface area (Å²) >= 11 is 0. The maximum absolute atomic E-state index is 13.6. The monoisotopic (exact) mass is 386 g/mol. The highest BCUT2D eigenvalue weighted by Crippen LogP contribution is 2.55. The van der Waals surface area contributed by atoms with Gasteiger partial charge in [0.2, 0.25) is 0 Å². The van der Waals surface area contributed by atoms with Gasteiger partial charge in [-0.3, -0.25) is 9.48 Å². The molecule has 4 aliphatic rings. The van der Waals surface area contributed by atoms with Gasteiger partial charge in [0.25, 0.3) is 5.91 Å². The average Bonchev–Trinajstić information content (AvgIpc) is 3.12. The number of nitrogens with one attached hydrogen (secondary N) is 1. The third kappa shape index (κ3) is 2.86. The predicted octanol–water partition coefficient (Wildman–Crippen LogP) is 4.33. The fourth-order valence-corrected chi connectivity index (χ4v) is 6.64. The molecule has 5 heteroatoms. The maximum Gasteiger partial charge on any atom is 0.252 e. The van der Waals surface area contributed by atoms with Gasteiger partial charge < -0.3 is 5.32 Å². The zero-order valence-electron chi connectivity index (χ0n) is 16.8. The summed E-state index contributed by atoms with van der Waals surface area (Å²) < 4.78 is 1.77. The fourth-order valence-electron chi connectivity index (χ4n) is 6.64. The lowest BCUT2D eigenvalue weighted by Gasteiger charge is -2.56. The first-order valence-corrected chi connectivity index (χ1v) is 10.8.